The molecule has 0 aliphatic carbocycles. The topological polar surface area (TPSA) is 73.2 Å². The summed E-state index contributed by atoms with van der Waals surface area (Å²) in [5.41, 5.74) is 1.62. The Hall–Kier alpha value is -3.15. The number of nitrogens with zero attached hydrogens (tertiary/aromatic N) is 2. The van der Waals surface area contributed by atoms with Crippen LogP contribution in [0, 0.1) is 6.92 Å². The summed E-state index contributed by atoms with van der Waals surface area (Å²) in [6, 6.07) is 15.0. The number of ether oxygens (including phenoxy) is 1. The number of fused-ring (bicyclic) bond motifs is 1. The van der Waals surface area contributed by atoms with E-state index in [0.717, 1.165) is 11.3 Å². The number of para-hydroxylation sites is 1. The first kappa shape index (κ1) is 19.6. The van der Waals surface area contributed by atoms with Gasteiger partial charge < -0.3 is 10.1 Å². The number of hydrogen-bond donors (Lipinski definition) is 1. The quantitative estimate of drug-likeness (QED) is 0.749. The predicted octanol–water partition coefficient (Wildman–Crippen LogP) is 3.76. The zero-order chi connectivity index (χ0) is 20.3. The molecule has 1 heterocycles. The van der Waals surface area contributed by atoms with Crippen molar-refractivity contribution >= 4 is 17.0 Å². The molecule has 1 aromatic heterocycles. The lowest BCUT2D eigenvalue weighted by Crippen LogP contribution is -2.34. The number of aryl methyl sites for hydroxylation is 1. The van der Waals surface area contributed by atoms with Gasteiger partial charge in [-0.2, -0.15) is 0 Å². The highest BCUT2D eigenvalue weighted by Gasteiger charge is 2.17. The van der Waals surface area contributed by atoms with Crippen molar-refractivity contribution in [3.8, 4) is 5.69 Å². The van der Waals surface area contributed by atoms with Crippen LogP contribution in [-0.2, 0) is 11.2 Å². The summed E-state index contributed by atoms with van der Waals surface area (Å²) in [7, 11) is 0. The van der Waals surface area contributed by atoms with Crippen molar-refractivity contribution in [2.45, 2.75) is 39.7 Å². The maximum atomic E-state index is 13.3. The molecule has 0 aliphatic heterocycles. The minimum Gasteiger partial charge on any atom is -0.444 e. The first-order valence-corrected chi connectivity index (χ1v) is 9.30. The van der Waals surface area contributed by atoms with Crippen LogP contribution in [-0.4, -0.2) is 27.8 Å². The van der Waals surface area contributed by atoms with Gasteiger partial charge >= 0.3 is 6.09 Å². The van der Waals surface area contributed by atoms with Crippen LogP contribution in [0.5, 0.6) is 0 Å². The molecule has 0 aliphatic rings. The van der Waals surface area contributed by atoms with Gasteiger partial charge in [0.15, 0.2) is 0 Å². The minimum atomic E-state index is -0.561. The van der Waals surface area contributed by atoms with Crippen molar-refractivity contribution < 1.29 is 9.53 Å². The third-order valence-corrected chi connectivity index (χ3v) is 4.21. The van der Waals surface area contributed by atoms with Crippen molar-refractivity contribution in [1.82, 2.24) is 14.9 Å². The fourth-order valence-electron chi connectivity index (χ4n) is 3.04. The van der Waals surface area contributed by atoms with E-state index in [0.29, 0.717) is 29.7 Å². The van der Waals surface area contributed by atoms with Gasteiger partial charge in [0.1, 0.15) is 11.4 Å². The van der Waals surface area contributed by atoms with Crippen LogP contribution >= 0.6 is 0 Å². The lowest BCUT2D eigenvalue weighted by atomic mass is 10.1. The van der Waals surface area contributed by atoms with E-state index in [1.807, 2.05) is 76.2 Å². The largest absolute Gasteiger partial charge is 0.444 e. The molecule has 146 valence electrons. The molecule has 1 N–H and O–H groups in total. The molecule has 2 aromatic carbocycles. The molecule has 28 heavy (non-hydrogen) atoms. The molecule has 0 spiro atoms. The van der Waals surface area contributed by atoms with Crippen molar-refractivity contribution in [2.24, 2.45) is 0 Å². The average molecular weight is 379 g/mol. The highest BCUT2D eigenvalue weighted by atomic mass is 16.6. The van der Waals surface area contributed by atoms with Gasteiger partial charge in [0, 0.05) is 13.0 Å². The van der Waals surface area contributed by atoms with Gasteiger partial charge in [0.05, 0.1) is 16.6 Å². The molecular weight excluding hydrogens is 354 g/mol. The molecule has 3 rings (SSSR count). The zero-order valence-corrected chi connectivity index (χ0v) is 16.7. The number of nitrogens with one attached hydrogen (secondary N) is 1. The normalized spacial score (nSPS) is 11.4. The summed E-state index contributed by atoms with van der Waals surface area (Å²) in [6.07, 6.45) is -0.0921. The summed E-state index contributed by atoms with van der Waals surface area (Å²) in [4.78, 5) is 29.9. The van der Waals surface area contributed by atoms with Gasteiger partial charge in [-0.3, -0.25) is 9.36 Å². The SMILES string of the molecule is Cc1cccc2nc(CCNC(=O)OC(C)(C)C)n(-c3ccccc3)c(=O)c12. The van der Waals surface area contributed by atoms with Gasteiger partial charge in [-0.1, -0.05) is 30.3 Å². The van der Waals surface area contributed by atoms with E-state index in [2.05, 4.69) is 5.32 Å². The van der Waals surface area contributed by atoms with Crippen molar-refractivity contribution in [3.63, 3.8) is 0 Å². The number of alkyl carbamates (subject to hydrolysis) is 1. The Morgan fingerprint density at radius 1 is 1.11 bits per heavy atom. The number of carbonyl (C=O) groups excluding carboxylic acids is 1. The summed E-state index contributed by atoms with van der Waals surface area (Å²) in [5.74, 6) is 0.588. The lowest BCUT2D eigenvalue weighted by molar-refractivity contribution is 0.0528. The second-order valence-corrected chi connectivity index (χ2v) is 7.65. The van der Waals surface area contributed by atoms with Gasteiger partial charge in [0.2, 0.25) is 0 Å². The summed E-state index contributed by atoms with van der Waals surface area (Å²) >= 11 is 0. The fourth-order valence-corrected chi connectivity index (χ4v) is 3.04. The molecule has 6 heteroatoms. The summed E-state index contributed by atoms with van der Waals surface area (Å²) in [5, 5.41) is 3.34. The standard InChI is InChI=1S/C22H25N3O3/c1-15-9-8-12-17-19(15)20(26)25(16-10-6-5-7-11-16)18(24-17)13-14-23-21(27)28-22(2,3)4/h5-12H,13-14H2,1-4H3,(H,23,27). The van der Waals surface area contributed by atoms with E-state index < -0.39 is 11.7 Å². The molecular formula is C22H25N3O3. The predicted molar refractivity (Wildman–Crippen MR) is 110 cm³/mol. The monoisotopic (exact) mass is 379 g/mol. The van der Waals surface area contributed by atoms with Crippen LogP contribution in [0.3, 0.4) is 0 Å². The van der Waals surface area contributed by atoms with E-state index in [1.165, 1.54) is 0 Å². The van der Waals surface area contributed by atoms with E-state index in [4.69, 9.17) is 9.72 Å². The number of amides is 1. The third kappa shape index (κ3) is 4.39. The Kier molecular flexibility index (Phi) is 5.49. The van der Waals surface area contributed by atoms with Gasteiger partial charge in [-0.25, -0.2) is 9.78 Å². The number of rotatable bonds is 4. The van der Waals surface area contributed by atoms with Crippen LogP contribution < -0.4 is 10.9 Å². The number of carbonyl (C=O) groups is 1. The second-order valence-electron chi connectivity index (χ2n) is 7.65. The number of benzene rings is 2. The zero-order valence-electron chi connectivity index (χ0n) is 16.7. The van der Waals surface area contributed by atoms with Crippen LogP contribution in [0.25, 0.3) is 16.6 Å². The first-order valence-electron chi connectivity index (χ1n) is 9.30. The van der Waals surface area contributed by atoms with Gasteiger partial charge in [-0.15, -0.1) is 0 Å². The smallest absolute Gasteiger partial charge is 0.407 e. The van der Waals surface area contributed by atoms with Gasteiger partial charge in [0.25, 0.3) is 5.56 Å². The minimum absolute atomic E-state index is 0.110. The van der Waals surface area contributed by atoms with Crippen LogP contribution in [0.2, 0.25) is 0 Å². The van der Waals surface area contributed by atoms with Crippen molar-refractivity contribution in [1.29, 1.82) is 0 Å². The molecule has 0 saturated carbocycles. The Morgan fingerprint density at radius 3 is 2.50 bits per heavy atom. The van der Waals surface area contributed by atoms with E-state index in [9.17, 15) is 9.59 Å². The summed E-state index contributed by atoms with van der Waals surface area (Å²) < 4.78 is 6.88. The van der Waals surface area contributed by atoms with Crippen molar-refractivity contribution in [3.05, 3.63) is 70.3 Å². The molecule has 0 bridgehead atoms. The second kappa shape index (κ2) is 7.84. The highest BCUT2D eigenvalue weighted by Crippen LogP contribution is 2.16. The molecule has 0 radical (unpaired) electrons. The lowest BCUT2D eigenvalue weighted by Gasteiger charge is -2.20. The maximum Gasteiger partial charge on any atom is 0.407 e. The van der Waals surface area contributed by atoms with E-state index in [-0.39, 0.29) is 5.56 Å². The molecule has 0 atom stereocenters. The Bertz CT molecular complexity index is 1050. The first-order chi connectivity index (χ1) is 13.3. The molecule has 0 unspecified atom stereocenters. The molecule has 6 nitrogen and oxygen atoms in total. The van der Waals surface area contributed by atoms with E-state index in [1.54, 1.807) is 4.57 Å². The Morgan fingerprint density at radius 2 is 1.82 bits per heavy atom. The molecule has 1 amide bonds. The molecule has 0 fully saturated rings. The number of aromatic nitrogens is 2. The highest BCUT2D eigenvalue weighted by molar-refractivity contribution is 5.81. The Balaban J connectivity index is 1.97. The third-order valence-electron chi connectivity index (χ3n) is 4.21. The van der Waals surface area contributed by atoms with Crippen LogP contribution in [0.15, 0.2) is 53.3 Å². The molecule has 0 saturated heterocycles. The van der Waals surface area contributed by atoms with Crippen molar-refractivity contribution in [2.75, 3.05) is 6.54 Å². The van der Waals surface area contributed by atoms with Crippen LogP contribution in [0.1, 0.15) is 32.2 Å². The molecule has 3 aromatic rings. The maximum absolute atomic E-state index is 13.3. The summed E-state index contributed by atoms with van der Waals surface area (Å²) in [6.45, 7) is 7.66. The average Bonchev–Trinajstić information content (AvgIpc) is 2.61. The van der Waals surface area contributed by atoms with Gasteiger partial charge in [-0.05, 0) is 51.5 Å². The fraction of sp³-hybridized carbons (Fsp3) is 0.318. The Labute approximate surface area is 164 Å². The van der Waals surface area contributed by atoms with E-state index >= 15 is 0 Å². The number of hydrogen-bond acceptors (Lipinski definition) is 4. The van der Waals surface area contributed by atoms with Crippen LogP contribution in [0.4, 0.5) is 4.79 Å².